The quantitative estimate of drug-likeness (QED) is 0.0649. The molecular formula is C31H37N3O5S. The Hall–Kier alpha value is -3.42. The van der Waals surface area contributed by atoms with Crippen LogP contribution in [-0.4, -0.2) is 40.2 Å². The number of hydrogen-bond donors (Lipinski definition) is 3. The van der Waals surface area contributed by atoms with Gasteiger partial charge in [0.1, 0.15) is 0 Å². The molecule has 8 nitrogen and oxygen atoms in total. The molecule has 1 aromatic carbocycles. The van der Waals surface area contributed by atoms with Gasteiger partial charge in [0.2, 0.25) is 11.8 Å². The van der Waals surface area contributed by atoms with Gasteiger partial charge in [-0.15, -0.1) is 18.2 Å². The van der Waals surface area contributed by atoms with E-state index in [1.807, 2.05) is 61.5 Å². The number of nitrogens with zero attached hydrogens (tertiary/aromatic N) is 1. The van der Waals surface area contributed by atoms with Gasteiger partial charge >= 0.3 is 0 Å². The van der Waals surface area contributed by atoms with E-state index < -0.39 is 6.29 Å². The molecule has 3 rings (SSSR count). The van der Waals surface area contributed by atoms with Gasteiger partial charge in [-0.3, -0.25) is 14.8 Å². The number of carbonyl (C=O) groups is 2. The summed E-state index contributed by atoms with van der Waals surface area (Å²) >= 11 is 1.64. The molecule has 3 atom stereocenters. The molecule has 212 valence electrons. The van der Waals surface area contributed by atoms with Crippen molar-refractivity contribution in [1.29, 1.82) is 0 Å². The van der Waals surface area contributed by atoms with Crippen molar-refractivity contribution in [2.24, 2.45) is 0 Å². The molecular weight excluding hydrogens is 526 g/mol. The second kappa shape index (κ2) is 17.3. The lowest BCUT2D eigenvalue weighted by Crippen LogP contribution is -2.36. The molecule has 40 heavy (non-hydrogen) atoms. The van der Waals surface area contributed by atoms with Crippen LogP contribution < -0.4 is 10.8 Å². The van der Waals surface area contributed by atoms with Gasteiger partial charge in [0, 0.05) is 42.5 Å². The zero-order valence-electron chi connectivity index (χ0n) is 22.8. The Morgan fingerprint density at radius 1 is 1.10 bits per heavy atom. The average molecular weight is 564 g/mol. The molecule has 0 bridgehead atoms. The minimum absolute atomic E-state index is 0.0507. The molecule has 2 aromatic rings. The summed E-state index contributed by atoms with van der Waals surface area (Å²) in [6, 6.07) is 13.6. The molecule has 0 spiro atoms. The van der Waals surface area contributed by atoms with Crippen molar-refractivity contribution >= 4 is 29.3 Å². The second-order valence-electron chi connectivity index (χ2n) is 9.36. The summed E-state index contributed by atoms with van der Waals surface area (Å²) in [5.41, 5.74) is 4.12. The molecule has 0 radical (unpaired) electrons. The number of thioether (sulfide) groups is 1. The summed E-state index contributed by atoms with van der Waals surface area (Å²) in [6.07, 6.45) is 16.4. The number of ether oxygens (including phenoxy) is 2. The fourth-order valence-electron chi connectivity index (χ4n) is 4.26. The number of rotatable bonds is 14. The van der Waals surface area contributed by atoms with E-state index in [-0.39, 0.29) is 30.4 Å². The third-order valence-electron chi connectivity index (χ3n) is 6.27. The van der Waals surface area contributed by atoms with Gasteiger partial charge in [-0.1, -0.05) is 49.1 Å². The van der Waals surface area contributed by atoms with Gasteiger partial charge in [0.05, 0.1) is 17.2 Å². The van der Waals surface area contributed by atoms with Crippen molar-refractivity contribution < 1.29 is 24.3 Å². The molecule has 1 aliphatic heterocycles. The number of allylic oxidation sites excluding steroid dienone is 2. The van der Waals surface area contributed by atoms with E-state index in [9.17, 15) is 9.59 Å². The number of carbonyl (C=O) groups excluding carboxylic acids is 2. The summed E-state index contributed by atoms with van der Waals surface area (Å²) in [5, 5.41) is 12.4. The number of terminal acetylenes is 1. The Balaban J connectivity index is 1.58. The van der Waals surface area contributed by atoms with Crippen molar-refractivity contribution in [2.45, 2.75) is 75.4 Å². The maximum Gasteiger partial charge on any atom is 0.243 e. The van der Waals surface area contributed by atoms with Gasteiger partial charge < -0.3 is 14.8 Å². The Kier molecular flexibility index (Phi) is 13.5. The molecule has 1 fully saturated rings. The molecule has 3 unspecified atom stereocenters. The number of nitrogens with one attached hydrogen (secondary N) is 2. The Morgan fingerprint density at radius 2 is 1.85 bits per heavy atom. The van der Waals surface area contributed by atoms with Crippen LogP contribution >= 0.6 is 11.8 Å². The van der Waals surface area contributed by atoms with Crippen LogP contribution in [0.25, 0.3) is 0 Å². The summed E-state index contributed by atoms with van der Waals surface area (Å²) in [6.45, 7) is 1.92. The Morgan fingerprint density at radius 3 is 2.50 bits per heavy atom. The number of benzene rings is 1. The highest BCUT2D eigenvalue weighted by Gasteiger charge is 2.32. The Bertz CT molecular complexity index is 1180. The molecule has 3 N–H and O–H groups in total. The predicted octanol–water partition coefficient (Wildman–Crippen LogP) is 5.97. The zero-order valence-corrected chi connectivity index (χ0v) is 23.6. The highest BCUT2D eigenvalue weighted by atomic mass is 32.2. The lowest BCUT2D eigenvalue weighted by molar-refractivity contribution is -0.219. The smallest absolute Gasteiger partial charge is 0.243 e. The fraction of sp³-hybridized carbons (Fsp3) is 0.387. The van der Waals surface area contributed by atoms with Crippen LogP contribution in [0.4, 0.5) is 5.69 Å². The Labute approximate surface area is 240 Å². The maximum absolute atomic E-state index is 12.4. The van der Waals surface area contributed by atoms with Crippen molar-refractivity contribution in [2.75, 3.05) is 11.1 Å². The number of pyridine rings is 1. The predicted molar refractivity (Wildman–Crippen MR) is 156 cm³/mol. The average Bonchev–Trinajstić information content (AvgIpc) is 2.98. The molecule has 9 heteroatoms. The fourth-order valence-corrected chi connectivity index (χ4v) is 5.15. The first-order valence-electron chi connectivity index (χ1n) is 13.5. The third-order valence-corrected chi connectivity index (χ3v) is 7.34. The van der Waals surface area contributed by atoms with Crippen molar-refractivity contribution in [1.82, 2.24) is 10.5 Å². The standard InChI is InChI=1S/C31H37N3O5S/c1-3-11-24(12-4-2)31-38-26(22-40-30-15-9-10-20-32-30)21-27(39-31)23-16-18-25(19-17-23)33-28(35)13-7-5-6-8-14-29(36)34-37/h1,4,9-12,15-20,26-27,31,37H,5-8,13-14,21-22H2,2H3,(H,33,35)(H,34,36)/b12-4-,24-11+. The molecule has 1 aliphatic rings. The summed E-state index contributed by atoms with van der Waals surface area (Å²) < 4.78 is 12.7. The van der Waals surface area contributed by atoms with E-state index in [1.54, 1.807) is 29.5 Å². The SMILES string of the molecule is C#C/C=C(\C=C/C)C1OC(CSc2ccccn2)CC(c2ccc(NC(=O)CCCCCCC(=O)NO)cc2)O1. The minimum Gasteiger partial charge on any atom is -0.344 e. The van der Waals surface area contributed by atoms with Crippen LogP contribution in [0.3, 0.4) is 0 Å². The van der Waals surface area contributed by atoms with Gasteiger partial charge in [0.15, 0.2) is 6.29 Å². The number of anilines is 1. The highest BCUT2D eigenvalue weighted by molar-refractivity contribution is 7.99. The molecule has 0 saturated carbocycles. The summed E-state index contributed by atoms with van der Waals surface area (Å²) in [7, 11) is 0. The first-order chi connectivity index (χ1) is 19.5. The molecule has 2 heterocycles. The normalized spacial score (nSPS) is 19.2. The van der Waals surface area contributed by atoms with Crippen LogP contribution in [0, 0.1) is 12.3 Å². The largest absolute Gasteiger partial charge is 0.344 e. The topological polar surface area (TPSA) is 110 Å². The van der Waals surface area contributed by atoms with Gasteiger partial charge in [-0.05, 0) is 55.7 Å². The molecule has 1 saturated heterocycles. The van der Waals surface area contributed by atoms with Gasteiger partial charge in [-0.25, -0.2) is 10.5 Å². The van der Waals surface area contributed by atoms with Crippen molar-refractivity contribution in [3.05, 3.63) is 78.0 Å². The highest BCUT2D eigenvalue weighted by Crippen LogP contribution is 2.36. The number of unbranched alkanes of at least 4 members (excludes halogenated alkanes) is 3. The lowest BCUT2D eigenvalue weighted by atomic mass is 10.0. The minimum atomic E-state index is -0.599. The van der Waals surface area contributed by atoms with Crippen LogP contribution in [0.2, 0.25) is 0 Å². The van der Waals surface area contributed by atoms with Crippen LogP contribution in [-0.2, 0) is 19.1 Å². The molecule has 0 aliphatic carbocycles. The van der Waals surface area contributed by atoms with E-state index in [0.717, 1.165) is 46.9 Å². The summed E-state index contributed by atoms with van der Waals surface area (Å²) in [5.74, 6) is 2.86. The first-order valence-corrected chi connectivity index (χ1v) is 14.5. The monoisotopic (exact) mass is 563 g/mol. The lowest BCUT2D eigenvalue weighted by Gasteiger charge is -2.36. The number of amides is 2. The zero-order chi connectivity index (χ0) is 28.6. The van der Waals surface area contributed by atoms with E-state index in [4.69, 9.17) is 21.1 Å². The number of aromatic nitrogens is 1. The molecule has 2 amide bonds. The van der Waals surface area contributed by atoms with Crippen LogP contribution in [0.1, 0.15) is 63.5 Å². The van der Waals surface area contributed by atoms with E-state index in [1.165, 1.54) is 0 Å². The van der Waals surface area contributed by atoms with Crippen LogP contribution in [0.5, 0.6) is 0 Å². The second-order valence-corrected chi connectivity index (χ2v) is 10.4. The third kappa shape index (κ3) is 10.6. The number of hydroxylamine groups is 1. The van der Waals surface area contributed by atoms with Crippen molar-refractivity contribution in [3.8, 4) is 12.3 Å². The van der Waals surface area contributed by atoms with E-state index in [2.05, 4.69) is 16.2 Å². The van der Waals surface area contributed by atoms with E-state index in [0.29, 0.717) is 19.3 Å². The summed E-state index contributed by atoms with van der Waals surface area (Å²) in [4.78, 5) is 27.8. The maximum atomic E-state index is 12.4. The van der Waals surface area contributed by atoms with Crippen LogP contribution in [0.15, 0.2) is 77.5 Å². The van der Waals surface area contributed by atoms with Gasteiger partial charge in [-0.2, -0.15) is 0 Å². The van der Waals surface area contributed by atoms with Crippen molar-refractivity contribution in [3.63, 3.8) is 0 Å². The number of hydrogen-bond acceptors (Lipinski definition) is 7. The van der Waals surface area contributed by atoms with E-state index >= 15 is 0 Å². The molecule has 1 aromatic heterocycles. The van der Waals surface area contributed by atoms with Gasteiger partial charge in [0.25, 0.3) is 0 Å². The first kappa shape index (κ1) is 31.1.